The van der Waals surface area contributed by atoms with Gasteiger partial charge < -0.3 is 10.4 Å². The van der Waals surface area contributed by atoms with Crippen molar-refractivity contribution in [2.45, 2.75) is 6.92 Å². The van der Waals surface area contributed by atoms with Crippen molar-refractivity contribution in [1.82, 2.24) is 4.98 Å². The van der Waals surface area contributed by atoms with E-state index in [1.807, 2.05) is 6.92 Å². The van der Waals surface area contributed by atoms with E-state index in [9.17, 15) is 4.79 Å². The zero-order valence-corrected chi connectivity index (χ0v) is 12.1. The zero-order valence-electron chi connectivity index (χ0n) is 11.4. The standard InChI is InChI=1S/C16H13ClN2O2/c1-11-13(17)7-2-8-14(11)19-16(21)15-12(6-4-10-20)5-3-9-18-15/h2-3,5,7-9,20H,10H2,1H3,(H,19,21). The van der Waals surface area contributed by atoms with Crippen LogP contribution in [0.1, 0.15) is 21.6 Å². The number of carbonyl (C=O) groups excluding carboxylic acids is 1. The second kappa shape index (κ2) is 6.89. The number of carbonyl (C=O) groups is 1. The van der Waals surface area contributed by atoms with Crippen LogP contribution in [0.4, 0.5) is 5.69 Å². The quantitative estimate of drug-likeness (QED) is 0.838. The number of pyridine rings is 1. The molecule has 1 heterocycles. The number of nitrogens with zero attached hydrogens (tertiary/aromatic N) is 1. The van der Waals surface area contributed by atoms with Gasteiger partial charge in [0.25, 0.3) is 5.91 Å². The van der Waals surface area contributed by atoms with Crippen LogP contribution < -0.4 is 5.32 Å². The molecule has 0 radical (unpaired) electrons. The molecule has 1 aromatic carbocycles. The van der Waals surface area contributed by atoms with Gasteiger partial charge in [0, 0.05) is 16.9 Å². The summed E-state index contributed by atoms with van der Waals surface area (Å²) in [6.45, 7) is 1.55. The third-order valence-electron chi connectivity index (χ3n) is 2.84. The maximum absolute atomic E-state index is 12.3. The molecule has 5 heteroatoms. The van der Waals surface area contributed by atoms with Crippen LogP contribution in [0.2, 0.25) is 5.02 Å². The first kappa shape index (κ1) is 15.0. The molecule has 4 nitrogen and oxygen atoms in total. The number of halogens is 1. The minimum atomic E-state index is -0.372. The second-order valence-corrected chi connectivity index (χ2v) is 4.63. The number of hydrogen-bond acceptors (Lipinski definition) is 3. The molecule has 0 bridgehead atoms. The summed E-state index contributed by atoms with van der Waals surface area (Å²) in [5.74, 6) is 4.84. The molecule has 2 rings (SSSR count). The SMILES string of the molecule is Cc1c(Cl)cccc1NC(=O)c1ncccc1C#CCO. The van der Waals surface area contributed by atoms with Crippen LogP contribution in [0.3, 0.4) is 0 Å². The third kappa shape index (κ3) is 3.60. The number of nitrogens with one attached hydrogen (secondary N) is 1. The smallest absolute Gasteiger partial charge is 0.275 e. The minimum absolute atomic E-state index is 0.206. The molecule has 1 amide bonds. The minimum Gasteiger partial charge on any atom is -0.384 e. The van der Waals surface area contributed by atoms with Gasteiger partial charge in [-0.3, -0.25) is 4.79 Å². The van der Waals surface area contributed by atoms with Crippen LogP contribution in [-0.4, -0.2) is 22.6 Å². The van der Waals surface area contributed by atoms with E-state index in [1.165, 1.54) is 6.20 Å². The lowest BCUT2D eigenvalue weighted by Gasteiger charge is -2.09. The number of aliphatic hydroxyl groups is 1. The van der Waals surface area contributed by atoms with Gasteiger partial charge in [0.05, 0.1) is 5.56 Å². The van der Waals surface area contributed by atoms with Crippen molar-refractivity contribution in [2.24, 2.45) is 0 Å². The van der Waals surface area contributed by atoms with Crippen molar-refractivity contribution < 1.29 is 9.90 Å². The van der Waals surface area contributed by atoms with E-state index >= 15 is 0 Å². The molecule has 21 heavy (non-hydrogen) atoms. The van der Waals surface area contributed by atoms with Gasteiger partial charge in [0.2, 0.25) is 0 Å². The first-order valence-electron chi connectivity index (χ1n) is 6.24. The monoisotopic (exact) mass is 300 g/mol. The number of amides is 1. The Hall–Kier alpha value is -2.35. The van der Waals surface area contributed by atoms with Gasteiger partial charge in [-0.25, -0.2) is 4.98 Å². The Bertz CT molecular complexity index is 733. The maximum atomic E-state index is 12.3. The summed E-state index contributed by atoms with van der Waals surface area (Å²) in [5, 5.41) is 12.1. The molecule has 0 saturated carbocycles. The van der Waals surface area contributed by atoms with Gasteiger partial charge in [-0.2, -0.15) is 0 Å². The summed E-state index contributed by atoms with van der Waals surface area (Å²) in [6.07, 6.45) is 1.52. The second-order valence-electron chi connectivity index (χ2n) is 4.23. The molecular formula is C16H13ClN2O2. The highest BCUT2D eigenvalue weighted by atomic mass is 35.5. The summed E-state index contributed by atoms with van der Waals surface area (Å²) in [5.41, 5.74) is 2.08. The lowest BCUT2D eigenvalue weighted by molar-refractivity contribution is 0.102. The Morgan fingerprint density at radius 2 is 2.19 bits per heavy atom. The number of anilines is 1. The summed E-state index contributed by atoms with van der Waals surface area (Å²) in [6, 6.07) is 8.64. The van der Waals surface area contributed by atoms with E-state index < -0.39 is 0 Å². The van der Waals surface area contributed by atoms with Crippen molar-refractivity contribution in [2.75, 3.05) is 11.9 Å². The lowest BCUT2D eigenvalue weighted by Crippen LogP contribution is -2.16. The maximum Gasteiger partial charge on any atom is 0.275 e. The van der Waals surface area contributed by atoms with Gasteiger partial charge in [0.15, 0.2) is 0 Å². The molecule has 106 valence electrons. The zero-order chi connectivity index (χ0) is 15.2. The molecule has 1 aromatic heterocycles. The average Bonchev–Trinajstić information content (AvgIpc) is 2.50. The summed E-state index contributed by atoms with van der Waals surface area (Å²) in [7, 11) is 0. The normalized spacial score (nSPS) is 9.67. The molecular weight excluding hydrogens is 288 g/mol. The fraction of sp³-hybridized carbons (Fsp3) is 0.125. The fourth-order valence-corrected chi connectivity index (χ4v) is 1.92. The van der Waals surface area contributed by atoms with E-state index in [0.29, 0.717) is 16.3 Å². The predicted molar refractivity (Wildman–Crippen MR) is 82.3 cm³/mol. The van der Waals surface area contributed by atoms with E-state index in [2.05, 4.69) is 22.1 Å². The van der Waals surface area contributed by atoms with Crippen molar-refractivity contribution >= 4 is 23.2 Å². The number of aliphatic hydroxyl groups excluding tert-OH is 1. The Kier molecular flexibility index (Phi) is 4.94. The molecule has 0 atom stereocenters. The molecule has 2 aromatic rings. The molecule has 2 N–H and O–H groups in total. The molecule has 0 aliphatic heterocycles. The topological polar surface area (TPSA) is 62.2 Å². The fourth-order valence-electron chi connectivity index (χ4n) is 1.75. The van der Waals surface area contributed by atoms with Crippen LogP contribution in [-0.2, 0) is 0 Å². The number of benzene rings is 1. The van der Waals surface area contributed by atoms with E-state index in [0.717, 1.165) is 5.56 Å². The van der Waals surface area contributed by atoms with Crippen LogP contribution in [0.25, 0.3) is 0 Å². The Morgan fingerprint density at radius 1 is 1.38 bits per heavy atom. The van der Waals surface area contributed by atoms with Gasteiger partial charge in [-0.05, 0) is 36.8 Å². The van der Waals surface area contributed by atoms with Gasteiger partial charge in [-0.15, -0.1) is 0 Å². The summed E-state index contributed by atoms with van der Waals surface area (Å²) in [4.78, 5) is 16.4. The van der Waals surface area contributed by atoms with Crippen molar-refractivity contribution in [1.29, 1.82) is 0 Å². The van der Waals surface area contributed by atoms with Crippen LogP contribution >= 0.6 is 11.6 Å². The predicted octanol–water partition coefficient (Wildman–Crippen LogP) is 2.64. The number of rotatable bonds is 2. The molecule has 0 unspecified atom stereocenters. The largest absolute Gasteiger partial charge is 0.384 e. The highest BCUT2D eigenvalue weighted by Crippen LogP contribution is 2.23. The Morgan fingerprint density at radius 3 is 2.95 bits per heavy atom. The average molecular weight is 301 g/mol. The summed E-state index contributed by atoms with van der Waals surface area (Å²) >= 11 is 6.03. The molecule has 0 saturated heterocycles. The highest BCUT2D eigenvalue weighted by molar-refractivity contribution is 6.31. The van der Waals surface area contributed by atoms with Gasteiger partial charge in [0.1, 0.15) is 12.3 Å². The number of aromatic nitrogens is 1. The van der Waals surface area contributed by atoms with E-state index in [-0.39, 0.29) is 18.2 Å². The molecule has 0 fully saturated rings. The van der Waals surface area contributed by atoms with Crippen LogP contribution in [0.5, 0.6) is 0 Å². The van der Waals surface area contributed by atoms with Crippen molar-refractivity contribution in [3.63, 3.8) is 0 Å². The molecule has 0 aliphatic carbocycles. The van der Waals surface area contributed by atoms with Gasteiger partial charge in [-0.1, -0.05) is 29.5 Å². The first-order valence-corrected chi connectivity index (χ1v) is 6.62. The molecule has 0 aliphatic rings. The third-order valence-corrected chi connectivity index (χ3v) is 3.25. The Balaban J connectivity index is 2.31. The van der Waals surface area contributed by atoms with Gasteiger partial charge >= 0.3 is 0 Å². The van der Waals surface area contributed by atoms with E-state index in [1.54, 1.807) is 30.3 Å². The summed E-state index contributed by atoms with van der Waals surface area (Å²) < 4.78 is 0. The van der Waals surface area contributed by atoms with Crippen molar-refractivity contribution in [3.8, 4) is 11.8 Å². The van der Waals surface area contributed by atoms with E-state index in [4.69, 9.17) is 16.7 Å². The Labute approximate surface area is 127 Å². The molecule has 0 spiro atoms. The first-order chi connectivity index (χ1) is 10.1. The van der Waals surface area contributed by atoms with Crippen LogP contribution in [0, 0.1) is 18.8 Å². The van der Waals surface area contributed by atoms with Crippen LogP contribution in [0.15, 0.2) is 36.5 Å². The lowest BCUT2D eigenvalue weighted by atomic mass is 10.1. The van der Waals surface area contributed by atoms with Crippen molar-refractivity contribution in [3.05, 3.63) is 58.4 Å². The highest BCUT2D eigenvalue weighted by Gasteiger charge is 2.13. The number of hydrogen-bond donors (Lipinski definition) is 2.